The van der Waals surface area contributed by atoms with Crippen molar-refractivity contribution >= 4 is 17.2 Å². The maximum atomic E-state index is 12.4. The van der Waals surface area contributed by atoms with E-state index in [2.05, 4.69) is 15.0 Å². The van der Waals surface area contributed by atoms with Crippen LogP contribution in [0.1, 0.15) is 40.8 Å². The molecule has 3 rings (SSSR count). The van der Waals surface area contributed by atoms with Crippen molar-refractivity contribution in [1.29, 1.82) is 0 Å². The van der Waals surface area contributed by atoms with Crippen LogP contribution in [-0.2, 0) is 0 Å². The third kappa shape index (κ3) is 2.35. The first-order chi connectivity index (χ1) is 9.25. The van der Waals surface area contributed by atoms with Crippen molar-refractivity contribution in [3.63, 3.8) is 0 Å². The number of hydrogen-bond donors (Lipinski definition) is 0. The number of carbonyl (C=O) groups is 1. The van der Waals surface area contributed by atoms with Crippen LogP contribution >= 0.6 is 11.3 Å². The van der Waals surface area contributed by atoms with Gasteiger partial charge in [0.25, 0.3) is 5.91 Å². The maximum Gasteiger partial charge on any atom is 0.273 e. The molecule has 1 atom stereocenters. The van der Waals surface area contributed by atoms with Crippen LogP contribution in [0.15, 0.2) is 23.3 Å². The summed E-state index contributed by atoms with van der Waals surface area (Å²) in [6.45, 7) is 2.68. The summed E-state index contributed by atoms with van der Waals surface area (Å²) in [6, 6.07) is 0.0293. The summed E-state index contributed by atoms with van der Waals surface area (Å²) in [5.74, 6) is -0.00736. The molecule has 19 heavy (non-hydrogen) atoms. The van der Waals surface area contributed by atoms with Gasteiger partial charge in [0.15, 0.2) is 0 Å². The number of thiazole rings is 1. The predicted molar refractivity (Wildman–Crippen MR) is 71.9 cm³/mol. The molecule has 0 N–H and O–H groups in total. The zero-order valence-electron chi connectivity index (χ0n) is 10.6. The van der Waals surface area contributed by atoms with E-state index in [0.717, 1.165) is 30.8 Å². The van der Waals surface area contributed by atoms with E-state index in [0.29, 0.717) is 5.69 Å². The van der Waals surface area contributed by atoms with Crippen LogP contribution in [0.5, 0.6) is 0 Å². The molecule has 2 aromatic heterocycles. The van der Waals surface area contributed by atoms with Crippen molar-refractivity contribution in [3.8, 4) is 0 Å². The Morgan fingerprint density at radius 3 is 3.11 bits per heavy atom. The average molecular weight is 274 g/mol. The highest BCUT2D eigenvalue weighted by atomic mass is 32.1. The summed E-state index contributed by atoms with van der Waals surface area (Å²) in [7, 11) is 0. The van der Waals surface area contributed by atoms with Crippen LogP contribution in [-0.4, -0.2) is 32.3 Å². The lowest BCUT2D eigenvalue weighted by Crippen LogP contribution is -2.31. The molecule has 1 aliphatic heterocycles. The fourth-order valence-electron chi connectivity index (χ4n) is 2.43. The van der Waals surface area contributed by atoms with Gasteiger partial charge in [-0.25, -0.2) is 4.98 Å². The lowest BCUT2D eigenvalue weighted by atomic mass is 10.1. The van der Waals surface area contributed by atoms with Gasteiger partial charge in [-0.15, -0.1) is 11.3 Å². The Kier molecular flexibility index (Phi) is 3.25. The van der Waals surface area contributed by atoms with Gasteiger partial charge in [0.05, 0.1) is 29.1 Å². The first-order valence-electron chi connectivity index (χ1n) is 6.23. The minimum atomic E-state index is -0.00736. The fraction of sp³-hybridized carbons (Fsp3) is 0.385. The number of likely N-dealkylation sites (tertiary alicyclic amines) is 1. The van der Waals surface area contributed by atoms with Gasteiger partial charge in [-0.3, -0.25) is 14.8 Å². The lowest BCUT2D eigenvalue weighted by molar-refractivity contribution is 0.0727. The van der Waals surface area contributed by atoms with Gasteiger partial charge >= 0.3 is 0 Å². The van der Waals surface area contributed by atoms with E-state index in [4.69, 9.17) is 0 Å². The van der Waals surface area contributed by atoms with E-state index in [1.807, 2.05) is 11.8 Å². The number of aromatic nitrogens is 3. The molecule has 3 heterocycles. The molecule has 1 saturated heterocycles. The topological polar surface area (TPSA) is 59.0 Å². The molecule has 98 valence electrons. The summed E-state index contributed by atoms with van der Waals surface area (Å²) in [4.78, 5) is 27.0. The number of carbonyl (C=O) groups excluding carboxylic acids is 1. The largest absolute Gasteiger partial charge is 0.329 e. The van der Waals surface area contributed by atoms with Crippen LogP contribution in [0.25, 0.3) is 0 Å². The molecular weight excluding hydrogens is 260 g/mol. The molecule has 0 unspecified atom stereocenters. The number of nitrogens with zero attached hydrogens (tertiary/aromatic N) is 4. The zero-order valence-corrected chi connectivity index (χ0v) is 11.4. The lowest BCUT2D eigenvalue weighted by Gasteiger charge is -2.23. The van der Waals surface area contributed by atoms with Gasteiger partial charge in [-0.1, -0.05) is 0 Å². The van der Waals surface area contributed by atoms with Crippen molar-refractivity contribution in [1.82, 2.24) is 19.9 Å². The Bertz CT molecular complexity index is 584. The van der Waals surface area contributed by atoms with Gasteiger partial charge in [0, 0.05) is 18.1 Å². The van der Waals surface area contributed by atoms with Crippen LogP contribution < -0.4 is 0 Å². The Hall–Kier alpha value is -1.82. The van der Waals surface area contributed by atoms with Gasteiger partial charge in [-0.2, -0.15) is 0 Å². The van der Waals surface area contributed by atoms with E-state index in [1.165, 1.54) is 11.3 Å². The standard InChI is InChI=1S/C13H14N4OS/c1-9-5-14-6-10(16-9)12-3-2-4-17(12)13(18)11-7-19-8-15-11/h5-8,12H,2-4H2,1H3/t12-/m1/s1. The van der Waals surface area contributed by atoms with Crippen LogP contribution in [0.4, 0.5) is 0 Å². The fourth-order valence-corrected chi connectivity index (χ4v) is 2.95. The molecule has 1 amide bonds. The second-order valence-corrected chi connectivity index (χ2v) is 5.33. The number of rotatable bonds is 2. The van der Waals surface area contributed by atoms with Crippen molar-refractivity contribution in [2.75, 3.05) is 6.54 Å². The monoisotopic (exact) mass is 274 g/mol. The van der Waals surface area contributed by atoms with E-state index in [-0.39, 0.29) is 11.9 Å². The van der Waals surface area contributed by atoms with Gasteiger partial charge in [-0.05, 0) is 19.8 Å². The van der Waals surface area contributed by atoms with E-state index in [1.54, 1.807) is 23.3 Å². The first-order valence-corrected chi connectivity index (χ1v) is 7.17. The second kappa shape index (κ2) is 5.05. The average Bonchev–Trinajstić information content (AvgIpc) is 3.09. The first kappa shape index (κ1) is 12.2. The smallest absolute Gasteiger partial charge is 0.273 e. The van der Waals surface area contributed by atoms with Gasteiger partial charge in [0.2, 0.25) is 0 Å². The molecule has 0 saturated carbocycles. The molecule has 2 aromatic rings. The van der Waals surface area contributed by atoms with Gasteiger partial charge < -0.3 is 4.90 Å². The summed E-state index contributed by atoms with van der Waals surface area (Å²) < 4.78 is 0. The SMILES string of the molecule is Cc1cncc([C@H]2CCCN2C(=O)c2cscn2)n1. The highest BCUT2D eigenvalue weighted by Crippen LogP contribution is 2.31. The van der Waals surface area contributed by atoms with Gasteiger partial charge in [0.1, 0.15) is 5.69 Å². The molecule has 0 bridgehead atoms. The molecule has 0 spiro atoms. The summed E-state index contributed by atoms with van der Waals surface area (Å²) >= 11 is 1.44. The van der Waals surface area contributed by atoms with Crippen molar-refractivity contribution in [2.45, 2.75) is 25.8 Å². The third-order valence-corrected chi connectivity index (χ3v) is 3.87. The van der Waals surface area contributed by atoms with E-state index >= 15 is 0 Å². The molecule has 0 aliphatic carbocycles. The minimum Gasteiger partial charge on any atom is -0.329 e. The molecular formula is C13H14N4OS. The quantitative estimate of drug-likeness (QED) is 0.842. The molecule has 1 aliphatic rings. The number of amides is 1. The molecule has 6 heteroatoms. The second-order valence-electron chi connectivity index (χ2n) is 4.62. The Morgan fingerprint density at radius 1 is 1.47 bits per heavy atom. The summed E-state index contributed by atoms with van der Waals surface area (Å²) in [6.07, 6.45) is 5.42. The Balaban J connectivity index is 1.88. The van der Waals surface area contributed by atoms with E-state index in [9.17, 15) is 4.79 Å². The zero-order chi connectivity index (χ0) is 13.2. The summed E-state index contributed by atoms with van der Waals surface area (Å²) in [5, 5.41) is 1.79. The highest BCUT2D eigenvalue weighted by molar-refractivity contribution is 7.07. The summed E-state index contributed by atoms with van der Waals surface area (Å²) in [5.41, 5.74) is 3.97. The normalized spacial score (nSPS) is 18.8. The minimum absolute atomic E-state index is 0.00736. The molecule has 1 fully saturated rings. The molecule has 5 nitrogen and oxygen atoms in total. The Morgan fingerprint density at radius 2 is 2.37 bits per heavy atom. The molecule has 0 aromatic carbocycles. The Labute approximate surface area is 115 Å². The number of aryl methyl sites for hydroxylation is 1. The molecule has 0 radical (unpaired) electrons. The third-order valence-electron chi connectivity index (χ3n) is 3.28. The number of hydrogen-bond acceptors (Lipinski definition) is 5. The maximum absolute atomic E-state index is 12.4. The van der Waals surface area contributed by atoms with Crippen molar-refractivity contribution in [2.24, 2.45) is 0 Å². The predicted octanol–water partition coefficient (Wildman–Crippen LogP) is 2.22. The van der Waals surface area contributed by atoms with Crippen molar-refractivity contribution < 1.29 is 4.79 Å². The van der Waals surface area contributed by atoms with Crippen molar-refractivity contribution in [3.05, 3.63) is 40.4 Å². The van der Waals surface area contributed by atoms with Crippen LogP contribution in [0.3, 0.4) is 0 Å². The highest BCUT2D eigenvalue weighted by Gasteiger charge is 2.32. The van der Waals surface area contributed by atoms with E-state index < -0.39 is 0 Å². The van der Waals surface area contributed by atoms with Crippen LogP contribution in [0, 0.1) is 6.92 Å². The van der Waals surface area contributed by atoms with Crippen LogP contribution in [0.2, 0.25) is 0 Å².